The lowest BCUT2D eigenvalue weighted by Crippen LogP contribution is -2.33. The molecular formula is C23H21NO4. The Bertz CT molecular complexity index is 1070. The van der Waals surface area contributed by atoms with Crippen LogP contribution in [0.2, 0.25) is 0 Å². The number of benzene rings is 2. The molecule has 2 heterocycles. The average Bonchev–Trinajstić information content (AvgIpc) is 2.69. The number of pyridine rings is 1. The average molecular weight is 375 g/mol. The van der Waals surface area contributed by atoms with E-state index in [-0.39, 0.29) is 29.6 Å². The van der Waals surface area contributed by atoms with Crippen LogP contribution in [0.3, 0.4) is 0 Å². The van der Waals surface area contributed by atoms with Gasteiger partial charge in [0.1, 0.15) is 11.5 Å². The van der Waals surface area contributed by atoms with Crippen molar-refractivity contribution in [2.24, 2.45) is 0 Å². The molecule has 0 fully saturated rings. The summed E-state index contributed by atoms with van der Waals surface area (Å²) in [7, 11) is 0. The summed E-state index contributed by atoms with van der Waals surface area (Å²) >= 11 is 0. The molecule has 1 aliphatic heterocycles. The zero-order valence-electron chi connectivity index (χ0n) is 15.6. The van der Waals surface area contributed by atoms with Crippen molar-refractivity contribution in [2.75, 3.05) is 0 Å². The molecule has 4 rings (SSSR count). The molecule has 3 aromatic rings. The van der Waals surface area contributed by atoms with E-state index in [1.807, 2.05) is 49.4 Å². The molecule has 0 saturated carbocycles. The number of phenols is 1. The Morgan fingerprint density at radius 2 is 1.79 bits per heavy atom. The minimum Gasteiger partial charge on any atom is -0.508 e. The van der Waals surface area contributed by atoms with Gasteiger partial charge in [-0.1, -0.05) is 42.5 Å². The van der Waals surface area contributed by atoms with Crippen molar-refractivity contribution < 1.29 is 14.6 Å². The summed E-state index contributed by atoms with van der Waals surface area (Å²) in [5, 5.41) is 9.42. The number of phenolic OH excluding ortho intramolecular Hbond substituents is 1. The second kappa shape index (κ2) is 7.35. The number of aromatic hydroxyl groups is 1. The maximum atomic E-state index is 13.3. The lowest BCUT2D eigenvalue weighted by molar-refractivity contribution is -0.135. The lowest BCUT2D eigenvalue weighted by Gasteiger charge is -2.26. The molecule has 28 heavy (non-hydrogen) atoms. The molecule has 0 unspecified atom stereocenters. The van der Waals surface area contributed by atoms with E-state index in [1.54, 1.807) is 22.8 Å². The maximum Gasteiger partial charge on any atom is 0.312 e. The van der Waals surface area contributed by atoms with Gasteiger partial charge in [-0.25, -0.2) is 0 Å². The fourth-order valence-electron chi connectivity index (χ4n) is 3.75. The van der Waals surface area contributed by atoms with Crippen LogP contribution in [0.15, 0.2) is 65.5 Å². The molecule has 5 nitrogen and oxygen atoms in total. The molecule has 0 saturated heterocycles. The van der Waals surface area contributed by atoms with Gasteiger partial charge < -0.3 is 14.4 Å². The van der Waals surface area contributed by atoms with E-state index in [0.29, 0.717) is 24.3 Å². The number of carbonyl (C=O) groups excluding carboxylic acids is 1. The van der Waals surface area contributed by atoms with Gasteiger partial charge in [-0.15, -0.1) is 0 Å². The van der Waals surface area contributed by atoms with Gasteiger partial charge in [-0.2, -0.15) is 0 Å². The highest BCUT2D eigenvalue weighted by atomic mass is 16.5. The van der Waals surface area contributed by atoms with Gasteiger partial charge >= 0.3 is 5.97 Å². The number of fused-ring (bicyclic) bond motifs is 1. The van der Waals surface area contributed by atoms with Gasteiger partial charge in [0.15, 0.2) is 0 Å². The second-order valence-electron chi connectivity index (χ2n) is 7.08. The highest BCUT2D eigenvalue weighted by Gasteiger charge is 2.32. The molecule has 5 heteroatoms. The fraction of sp³-hybridized carbons (Fsp3) is 0.217. The predicted octanol–water partition coefficient (Wildman–Crippen LogP) is 3.55. The fourth-order valence-corrected chi connectivity index (χ4v) is 3.75. The summed E-state index contributed by atoms with van der Waals surface area (Å²) in [6, 6.07) is 18.4. The molecule has 0 aliphatic carbocycles. The molecule has 1 N–H and O–H groups in total. The van der Waals surface area contributed by atoms with Crippen LogP contribution in [-0.2, 0) is 17.8 Å². The Morgan fingerprint density at radius 1 is 1.07 bits per heavy atom. The molecule has 1 aliphatic rings. The smallest absolute Gasteiger partial charge is 0.312 e. The van der Waals surface area contributed by atoms with Crippen LogP contribution < -0.4 is 10.3 Å². The third kappa shape index (κ3) is 3.43. The van der Waals surface area contributed by atoms with Crippen LogP contribution in [-0.4, -0.2) is 15.6 Å². The van der Waals surface area contributed by atoms with Gasteiger partial charge in [0.25, 0.3) is 5.56 Å². The molecule has 2 aromatic carbocycles. The van der Waals surface area contributed by atoms with E-state index >= 15 is 0 Å². The van der Waals surface area contributed by atoms with Gasteiger partial charge in [0.05, 0.1) is 12.0 Å². The first-order valence-electron chi connectivity index (χ1n) is 9.31. The zero-order valence-corrected chi connectivity index (χ0v) is 15.6. The first-order valence-corrected chi connectivity index (χ1v) is 9.31. The summed E-state index contributed by atoms with van der Waals surface area (Å²) in [6.07, 6.45) is 0.822. The topological polar surface area (TPSA) is 68.5 Å². The molecule has 1 atom stereocenters. The third-order valence-electron chi connectivity index (χ3n) is 5.21. The summed E-state index contributed by atoms with van der Waals surface area (Å²) in [6.45, 7) is 2.36. The monoisotopic (exact) mass is 375 g/mol. The molecule has 142 valence electrons. The quantitative estimate of drug-likeness (QED) is 0.708. The molecular weight excluding hydrogens is 354 g/mol. The van der Waals surface area contributed by atoms with E-state index in [2.05, 4.69) is 0 Å². The third-order valence-corrected chi connectivity index (χ3v) is 5.21. The molecule has 0 bridgehead atoms. The highest BCUT2D eigenvalue weighted by Crippen LogP contribution is 2.36. The molecule has 0 radical (unpaired) electrons. The van der Waals surface area contributed by atoms with E-state index in [4.69, 9.17) is 4.74 Å². The van der Waals surface area contributed by atoms with E-state index < -0.39 is 0 Å². The van der Waals surface area contributed by atoms with E-state index in [0.717, 1.165) is 16.8 Å². The summed E-state index contributed by atoms with van der Waals surface area (Å²) in [4.78, 5) is 25.4. The van der Waals surface area contributed by atoms with Crippen molar-refractivity contribution in [3.05, 3.63) is 93.4 Å². The van der Waals surface area contributed by atoms with Crippen molar-refractivity contribution in [3.63, 3.8) is 0 Å². The van der Waals surface area contributed by atoms with Gasteiger partial charge in [0.2, 0.25) is 0 Å². The van der Waals surface area contributed by atoms with Crippen molar-refractivity contribution in [3.8, 4) is 11.5 Å². The minimum absolute atomic E-state index is 0.116. The van der Waals surface area contributed by atoms with Crippen molar-refractivity contribution in [1.29, 1.82) is 0 Å². The van der Waals surface area contributed by atoms with Crippen LogP contribution in [0.25, 0.3) is 0 Å². The summed E-state index contributed by atoms with van der Waals surface area (Å²) in [5.41, 5.74) is 3.15. The Labute approximate surface area is 162 Å². The summed E-state index contributed by atoms with van der Waals surface area (Å²) in [5.74, 6) is -0.0284. The SMILES string of the molecule is Cc1cc2c(c(=O)n1CCc1ccc(O)cc1)[C@@H](c1ccccc1)CC(=O)O2. The molecule has 0 amide bonds. The largest absolute Gasteiger partial charge is 0.508 e. The van der Waals surface area contributed by atoms with Crippen LogP contribution in [0.5, 0.6) is 11.5 Å². The first-order chi connectivity index (χ1) is 13.5. The lowest BCUT2D eigenvalue weighted by atomic mass is 9.87. The molecule has 0 spiro atoms. The van der Waals surface area contributed by atoms with Gasteiger partial charge in [0, 0.05) is 24.2 Å². The van der Waals surface area contributed by atoms with Crippen LogP contribution in [0.1, 0.15) is 34.7 Å². The number of carbonyl (C=O) groups is 1. The normalized spacial score (nSPS) is 15.8. The number of aryl methyl sites for hydroxylation is 2. The Kier molecular flexibility index (Phi) is 4.74. The number of nitrogens with zero attached hydrogens (tertiary/aromatic N) is 1. The van der Waals surface area contributed by atoms with Crippen molar-refractivity contribution in [1.82, 2.24) is 4.57 Å². The van der Waals surface area contributed by atoms with E-state index in [9.17, 15) is 14.7 Å². The van der Waals surface area contributed by atoms with Crippen molar-refractivity contribution in [2.45, 2.75) is 32.2 Å². The number of rotatable bonds is 4. The maximum absolute atomic E-state index is 13.3. The van der Waals surface area contributed by atoms with Crippen LogP contribution in [0, 0.1) is 6.92 Å². The predicted molar refractivity (Wildman–Crippen MR) is 106 cm³/mol. The van der Waals surface area contributed by atoms with E-state index in [1.165, 1.54) is 0 Å². The van der Waals surface area contributed by atoms with Crippen LogP contribution >= 0.6 is 0 Å². The van der Waals surface area contributed by atoms with Gasteiger partial charge in [-0.3, -0.25) is 9.59 Å². The zero-order chi connectivity index (χ0) is 19.7. The number of ether oxygens (including phenoxy) is 1. The first kappa shape index (κ1) is 18.0. The second-order valence-corrected chi connectivity index (χ2v) is 7.08. The van der Waals surface area contributed by atoms with Gasteiger partial charge in [-0.05, 0) is 36.6 Å². The van der Waals surface area contributed by atoms with Crippen molar-refractivity contribution >= 4 is 5.97 Å². The Hall–Kier alpha value is -3.34. The standard InChI is InChI=1S/C23H21NO4/c1-15-13-20-22(19(14-21(26)28-20)17-5-3-2-4-6-17)23(27)24(15)12-11-16-7-9-18(25)10-8-16/h2-10,13,19,25H,11-12,14H2,1H3/t19-/m1/s1. The number of hydrogen-bond donors (Lipinski definition) is 1. The summed E-state index contributed by atoms with van der Waals surface area (Å²) < 4.78 is 7.13. The van der Waals surface area contributed by atoms with Crippen LogP contribution in [0.4, 0.5) is 0 Å². The Balaban J connectivity index is 1.73. The Morgan fingerprint density at radius 3 is 2.50 bits per heavy atom. The number of esters is 1. The molecule has 1 aromatic heterocycles. The number of aromatic nitrogens is 1. The minimum atomic E-state index is -0.318. The number of hydrogen-bond acceptors (Lipinski definition) is 4. The highest BCUT2D eigenvalue weighted by molar-refractivity contribution is 5.77.